The topological polar surface area (TPSA) is 63.2 Å². The molecular formula is C15H23NO3S. The van der Waals surface area contributed by atoms with Gasteiger partial charge in [-0.1, -0.05) is 27.2 Å². The lowest BCUT2D eigenvalue weighted by Crippen LogP contribution is -2.16. The molecule has 1 unspecified atom stereocenters. The Balaban J connectivity index is 2.72. The molecule has 1 aromatic rings. The van der Waals surface area contributed by atoms with Gasteiger partial charge in [-0.25, -0.2) is 8.42 Å². The van der Waals surface area contributed by atoms with E-state index in [1.54, 1.807) is 24.3 Å². The van der Waals surface area contributed by atoms with Crippen molar-refractivity contribution in [1.29, 1.82) is 0 Å². The molecule has 0 aromatic heterocycles. The van der Waals surface area contributed by atoms with Crippen molar-refractivity contribution in [3.05, 3.63) is 29.8 Å². The monoisotopic (exact) mass is 297 g/mol. The molecule has 20 heavy (non-hydrogen) atoms. The van der Waals surface area contributed by atoms with Crippen LogP contribution in [0.25, 0.3) is 0 Å². The molecule has 1 N–H and O–H groups in total. The van der Waals surface area contributed by atoms with Gasteiger partial charge in [0.05, 0.1) is 5.75 Å². The number of rotatable bonds is 8. The summed E-state index contributed by atoms with van der Waals surface area (Å²) in [6, 6.07) is 6.62. The number of carbonyl (C=O) groups excluding carboxylic acids is 1. The number of benzene rings is 1. The maximum atomic E-state index is 12.0. The molecule has 0 aliphatic heterocycles. The molecule has 0 heterocycles. The number of hydrogen-bond acceptors (Lipinski definition) is 3. The van der Waals surface area contributed by atoms with Gasteiger partial charge in [-0.3, -0.25) is 9.52 Å². The van der Waals surface area contributed by atoms with E-state index in [0.717, 1.165) is 6.42 Å². The average molecular weight is 297 g/mol. The van der Waals surface area contributed by atoms with E-state index in [0.29, 0.717) is 30.0 Å². The van der Waals surface area contributed by atoms with Gasteiger partial charge < -0.3 is 0 Å². The van der Waals surface area contributed by atoms with Crippen LogP contribution >= 0.6 is 0 Å². The van der Waals surface area contributed by atoms with Crippen LogP contribution in [0.2, 0.25) is 0 Å². The minimum absolute atomic E-state index is 0.0989. The van der Waals surface area contributed by atoms with Gasteiger partial charge in [0.25, 0.3) is 0 Å². The third kappa shape index (κ3) is 5.33. The first-order valence-corrected chi connectivity index (χ1v) is 8.67. The van der Waals surface area contributed by atoms with E-state index in [-0.39, 0.29) is 11.5 Å². The fourth-order valence-electron chi connectivity index (χ4n) is 1.80. The normalized spacial score (nSPS) is 12.9. The standard InChI is InChI=1S/C15H23NO3S/c1-4-10-20(18,19)16-14-8-6-13(7-9-14)15(17)11-12(3)5-2/h6-9,12,16H,4-5,10-11H2,1-3H3. The number of anilines is 1. The Bertz CT molecular complexity index is 535. The lowest BCUT2D eigenvalue weighted by atomic mass is 9.98. The van der Waals surface area contributed by atoms with Gasteiger partial charge in [-0.15, -0.1) is 0 Å². The minimum atomic E-state index is -3.28. The number of nitrogens with one attached hydrogen (secondary N) is 1. The fraction of sp³-hybridized carbons (Fsp3) is 0.533. The van der Waals surface area contributed by atoms with Gasteiger partial charge in [-0.05, 0) is 36.6 Å². The first-order valence-electron chi connectivity index (χ1n) is 7.01. The highest BCUT2D eigenvalue weighted by Gasteiger charge is 2.11. The molecule has 5 heteroatoms. The van der Waals surface area contributed by atoms with Crippen molar-refractivity contribution in [2.75, 3.05) is 10.5 Å². The van der Waals surface area contributed by atoms with Crippen LogP contribution in [0.1, 0.15) is 50.4 Å². The highest BCUT2D eigenvalue weighted by molar-refractivity contribution is 7.92. The molecule has 0 saturated carbocycles. The number of ketones is 1. The van der Waals surface area contributed by atoms with E-state index < -0.39 is 10.0 Å². The van der Waals surface area contributed by atoms with Gasteiger partial charge >= 0.3 is 0 Å². The molecule has 0 fully saturated rings. The van der Waals surface area contributed by atoms with Gasteiger partial charge in [0.2, 0.25) is 10.0 Å². The van der Waals surface area contributed by atoms with Crippen LogP contribution in [0.4, 0.5) is 5.69 Å². The van der Waals surface area contributed by atoms with Crippen LogP contribution < -0.4 is 4.72 Å². The molecule has 0 radical (unpaired) electrons. The van der Waals surface area contributed by atoms with E-state index >= 15 is 0 Å². The predicted octanol–water partition coefficient (Wildman–Crippen LogP) is 3.46. The van der Waals surface area contributed by atoms with E-state index in [1.807, 2.05) is 13.8 Å². The van der Waals surface area contributed by atoms with Crippen molar-refractivity contribution in [2.45, 2.75) is 40.0 Å². The van der Waals surface area contributed by atoms with Crippen molar-refractivity contribution in [2.24, 2.45) is 5.92 Å². The largest absolute Gasteiger partial charge is 0.294 e. The van der Waals surface area contributed by atoms with Crippen LogP contribution in [0.15, 0.2) is 24.3 Å². The molecule has 0 bridgehead atoms. The highest BCUT2D eigenvalue weighted by atomic mass is 32.2. The molecule has 1 rings (SSSR count). The molecule has 0 saturated heterocycles. The number of carbonyl (C=O) groups is 1. The predicted molar refractivity (Wildman–Crippen MR) is 82.5 cm³/mol. The second kappa shape index (κ2) is 7.43. The van der Waals surface area contributed by atoms with Gasteiger partial charge in [0, 0.05) is 17.7 Å². The van der Waals surface area contributed by atoms with Crippen molar-refractivity contribution in [3.63, 3.8) is 0 Å². The third-order valence-electron chi connectivity index (χ3n) is 3.18. The van der Waals surface area contributed by atoms with Crippen molar-refractivity contribution < 1.29 is 13.2 Å². The van der Waals surface area contributed by atoms with Crippen molar-refractivity contribution in [1.82, 2.24) is 0 Å². The summed E-state index contributed by atoms with van der Waals surface area (Å²) in [5, 5.41) is 0. The van der Waals surface area contributed by atoms with E-state index in [2.05, 4.69) is 11.6 Å². The van der Waals surface area contributed by atoms with Crippen LogP contribution in [-0.4, -0.2) is 20.0 Å². The van der Waals surface area contributed by atoms with Crippen LogP contribution in [-0.2, 0) is 10.0 Å². The maximum absolute atomic E-state index is 12.0. The quantitative estimate of drug-likeness (QED) is 0.747. The molecule has 0 spiro atoms. The Morgan fingerprint density at radius 2 is 1.80 bits per heavy atom. The van der Waals surface area contributed by atoms with Gasteiger partial charge in [-0.2, -0.15) is 0 Å². The minimum Gasteiger partial charge on any atom is -0.294 e. The molecular weight excluding hydrogens is 274 g/mol. The van der Waals surface area contributed by atoms with Gasteiger partial charge in [0.15, 0.2) is 5.78 Å². The summed E-state index contributed by atoms with van der Waals surface area (Å²) in [5.74, 6) is 0.564. The molecule has 0 aliphatic carbocycles. The van der Waals surface area contributed by atoms with Gasteiger partial charge in [0.1, 0.15) is 0 Å². The zero-order valence-electron chi connectivity index (χ0n) is 12.3. The fourth-order valence-corrected chi connectivity index (χ4v) is 2.94. The number of Topliss-reactive ketones (excluding diaryl/α,β-unsaturated/α-hetero) is 1. The summed E-state index contributed by atoms with van der Waals surface area (Å²) in [4.78, 5) is 12.0. The second-order valence-corrected chi connectivity index (χ2v) is 6.98. The zero-order valence-corrected chi connectivity index (χ0v) is 13.2. The maximum Gasteiger partial charge on any atom is 0.232 e. The SMILES string of the molecule is CCCS(=O)(=O)Nc1ccc(C(=O)CC(C)CC)cc1. The Kier molecular flexibility index (Phi) is 6.20. The lowest BCUT2D eigenvalue weighted by molar-refractivity contribution is 0.0963. The summed E-state index contributed by atoms with van der Waals surface area (Å²) in [5.41, 5.74) is 1.13. The molecule has 0 aliphatic rings. The first-order chi connectivity index (χ1) is 9.38. The Labute approximate surface area is 121 Å². The number of sulfonamides is 1. The van der Waals surface area contributed by atoms with Crippen LogP contribution in [0.3, 0.4) is 0 Å². The Morgan fingerprint density at radius 3 is 2.30 bits per heavy atom. The van der Waals surface area contributed by atoms with E-state index in [4.69, 9.17) is 0 Å². The van der Waals surface area contributed by atoms with Crippen molar-refractivity contribution >= 4 is 21.5 Å². The van der Waals surface area contributed by atoms with E-state index in [9.17, 15) is 13.2 Å². The van der Waals surface area contributed by atoms with Crippen molar-refractivity contribution in [3.8, 4) is 0 Å². The van der Waals surface area contributed by atoms with Crippen LogP contribution in [0, 0.1) is 5.92 Å². The molecule has 4 nitrogen and oxygen atoms in total. The summed E-state index contributed by atoms with van der Waals surface area (Å²) in [6.07, 6.45) is 2.07. The number of hydrogen-bond donors (Lipinski definition) is 1. The summed E-state index contributed by atoms with van der Waals surface area (Å²) >= 11 is 0. The summed E-state index contributed by atoms with van der Waals surface area (Å²) in [7, 11) is -3.28. The lowest BCUT2D eigenvalue weighted by Gasteiger charge is -2.09. The second-order valence-electron chi connectivity index (χ2n) is 5.14. The highest BCUT2D eigenvalue weighted by Crippen LogP contribution is 2.16. The molecule has 1 atom stereocenters. The Hall–Kier alpha value is -1.36. The molecule has 112 valence electrons. The summed E-state index contributed by atoms with van der Waals surface area (Å²) < 4.78 is 25.7. The smallest absolute Gasteiger partial charge is 0.232 e. The average Bonchev–Trinajstić information content (AvgIpc) is 2.38. The first kappa shape index (κ1) is 16.7. The third-order valence-corrected chi connectivity index (χ3v) is 4.68. The zero-order chi connectivity index (χ0) is 15.2. The molecule has 1 aromatic carbocycles. The van der Waals surface area contributed by atoms with Crippen LogP contribution in [0.5, 0.6) is 0 Å². The van der Waals surface area contributed by atoms with E-state index in [1.165, 1.54) is 0 Å². The summed E-state index contributed by atoms with van der Waals surface area (Å²) in [6.45, 7) is 5.92. The Morgan fingerprint density at radius 1 is 1.20 bits per heavy atom. The molecule has 0 amide bonds.